The predicted molar refractivity (Wildman–Crippen MR) is 72.3 cm³/mol. The first-order valence-electron chi connectivity index (χ1n) is 5.23. The standard InChI is InChI=1S/C12H8ClN3OS/c13-8-3-1-2-4-10(8)18-7-5-9-11(14-6-7)16-12(17)15-9/h1-6H,(H2,14,15,16,17). The van der Waals surface area contributed by atoms with Gasteiger partial charge in [0.25, 0.3) is 0 Å². The van der Waals surface area contributed by atoms with Crippen molar-refractivity contribution in [3.63, 3.8) is 0 Å². The number of benzene rings is 1. The summed E-state index contributed by atoms with van der Waals surface area (Å²) in [4.78, 5) is 22.5. The molecule has 0 saturated carbocycles. The lowest BCUT2D eigenvalue weighted by Gasteiger charge is -2.03. The lowest BCUT2D eigenvalue weighted by molar-refractivity contribution is 1.20. The molecule has 90 valence electrons. The molecule has 0 radical (unpaired) electrons. The molecule has 0 spiro atoms. The second-order valence-electron chi connectivity index (χ2n) is 3.68. The van der Waals surface area contributed by atoms with Crippen LogP contribution >= 0.6 is 23.4 Å². The fourth-order valence-electron chi connectivity index (χ4n) is 1.61. The van der Waals surface area contributed by atoms with E-state index in [1.165, 1.54) is 11.8 Å². The molecule has 0 bridgehead atoms. The highest BCUT2D eigenvalue weighted by atomic mass is 35.5. The summed E-state index contributed by atoms with van der Waals surface area (Å²) in [7, 11) is 0. The van der Waals surface area contributed by atoms with Crippen LogP contribution in [-0.2, 0) is 0 Å². The summed E-state index contributed by atoms with van der Waals surface area (Å²) < 4.78 is 0. The van der Waals surface area contributed by atoms with Crippen LogP contribution in [0.1, 0.15) is 0 Å². The zero-order valence-electron chi connectivity index (χ0n) is 9.11. The van der Waals surface area contributed by atoms with Gasteiger partial charge in [-0.3, -0.25) is 4.98 Å². The Morgan fingerprint density at radius 1 is 1.22 bits per heavy atom. The minimum Gasteiger partial charge on any atom is -0.304 e. The molecule has 2 heterocycles. The highest BCUT2D eigenvalue weighted by Crippen LogP contribution is 2.33. The van der Waals surface area contributed by atoms with Crippen molar-refractivity contribution >= 4 is 34.5 Å². The summed E-state index contributed by atoms with van der Waals surface area (Å²) in [6.45, 7) is 0. The molecule has 3 rings (SSSR count). The Morgan fingerprint density at radius 3 is 2.89 bits per heavy atom. The number of pyridine rings is 1. The van der Waals surface area contributed by atoms with Crippen molar-refractivity contribution in [3.05, 3.63) is 52.0 Å². The van der Waals surface area contributed by atoms with Crippen molar-refractivity contribution in [2.24, 2.45) is 0 Å². The number of aromatic amines is 2. The number of hydrogen-bond donors (Lipinski definition) is 2. The smallest absolute Gasteiger partial charge is 0.304 e. The molecule has 4 nitrogen and oxygen atoms in total. The zero-order valence-corrected chi connectivity index (χ0v) is 10.7. The van der Waals surface area contributed by atoms with Gasteiger partial charge in [0.15, 0.2) is 5.65 Å². The average molecular weight is 278 g/mol. The largest absolute Gasteiger partial charge is 0.325 e. The second kappa shape index (κ2) is 4.51. The van der Waals surface area contributed by atoms with Crippen LogP contribution in [0.2, 0.25) is 5.02 Å². The Kier molecular flexibility index (Phi) is 2.85. The van der Waals surface area contributed by atoms with E-state index in [0.717, 1.165) is 9.79 Å². The monoisotopic (exact) mass is 277 g/mol. The molecule has 2 aromatic heterocycles. The molecule has 0 atom stereocenters. The third-order valence-corrected chi connectivity index (χ3v) is 3.88. The minimum atomic E-state index is -0.252. The van der Waals surface area contributed by atoms with Gasteiger partial charge in [0, 0.05) is 16.0 Å². The highest BCUT2D eigenvalue weighted by Gasteiger charge is 2.05. The maximum atomic E-state index is 11.1. The third kappa shape index (κ3) is 2.14. The number of fused-ring (bicyclic) bond motifs is 1. The van der Waals surface area contributed by atoms with Crippen LogP contribution in [0.15, 0.2) is 51.1 Å². The van der Waals surface area contributed by atoms with Crippen LogP contribution in [0, 0.1) is 0 Å². The van der Waals surface area contributed by atoms with Gasteiger partial charge in [-0.1, -0.05) is 35.5 Å². The van der Waals surface area contributed by atoms with E-state index in [1.54, 1.807) is 6.20 Å². The average Bonchev–Trinajstić information content (AvgIpc) is 2.71. The predicted octanol–water partition coefficient (Wildman–Crippen LogP) is 3.06. The van der Waals surface area contributed by atoms with Crippen molar-refractivity contribution in [1.82, 2.24) is 15.0 Å². The van der Waals surface area contributed by atoms with Crippen molar-refractivity contribution < 1.29 is 0 Å². The molecule has 1 aromatic carbocycles. The first-order chi connectivity index (χ1) is 8.72. The maximum absolute atomic E-state index is 11.1. The normalized spacial score (nSPS) is 10.9. The summed E-state index contributed by atoms with van der Waals surface area (Å²) in [6.07, 6.45) is 1.71. The molecule has 0 amide bonds. The van der Waals surface area contributed by atoms with Gasteiger partial charge in [0.2, 0.25) is 0 Å². The van der Waals surface area contributed by atoms with Gasteiger partial charge in [-0.15, -0.1) is 0 Å². The first kappa shape index (κ1) is 11.4. The molecule has 0 aliphatic rings. The summed E-state index contributed by atoms with van der Waals surface area (Å²) in [6, 6.07) is 9.47. The Bertz CT molecular complexity index is 765. The number of hydrogen-bond acceptors (Lipinski definition) is 3. The number of nitrogens with one attached hydrogen (secondary N) is 2. The van der Waals surface area contributed by atoms with Crippen LogP contribution in [0.5, 0.6) is 0 Å². The molecule has 18 heavy (non-hydrogen) atoms. The number of imidazole rings is 1. The fraction of sp³-hybridized carbons (Fsp3) is 0. The van der Waals surface area contributed by atoms with E-state index in [1.807, 2.05) is 30.3 Å². The number of halogens is 1. The molecule has 0 aliphatic heterocycles. The topological polar surface area (TPSA) is 61.5 Å². The first-order valence-corrected chi connectivity index (χ1v) is 6.42. The van der Waals surface area contributed by atoms with E-state index < -0.39 is 0 Å². The quantitative estimate of drug-likeness (QED) is 0.757. The highest BCUT2D eigenvalue weighted by molar-refractivity contribution is 7.99. The van der Waals surface area contributed by atoms with Gasteiger partial charge in [-0.05, 0) is 18.2 Å². The molecule has 6 heteroatoms. The van der Waals surface area contributed by atoms with E-state index in [-0.39, 0.29) is 5.69 Å². The Labute approximate surface area is 111 Å². The summed E-state index contributed by atoms with van der Waals surface area (Å²) in [5.74, 6) is 0. The van der Waals surface area contributed by atoms with E-state index in [4.69, 9.17) is 11.6 Å². The Hall–Kier alpha value is -1.72. The number of rotatable bonds is 2. The van der Waals surface area contributed by atoms with Crippen LogP contribution in [0.25, 0.3) is 11.2 Å². The van der Waals surface area contributed by atoms with Gasteiger partial charge in [0.05, 0.1) is 10.5 Å². The molecular formula is C12H8ClN3OS. The summed E-state index contributed by atoms with van der Waals surface area (Å²) in [5.41, 5.74) is 0.998. The molecule has 0 fully saturated rings. The van der Waals surface area contributed by atoms with Crippen molar-refractivity contribution in [2.75, 3.05) is 0 Å². The maximum Gasteiger partial charge on any atom is 0.325 e. The molecule has 2 N–H and O–H groups in total. The van der Waals surface area contributed by atoms with Gasteiger partial charge < -0.3 is 4.98 Å². The second-order valence-corrected chi connectivity index (χ2v) is 5.20. The molecule has 0 unspecified atom stereocenters. The van der Waals surface area contributed by atoms with Crippen LogP contribution < -0.4 is 5.69 Å². The molecule has 0 saturated heterocycles. The van der Waals surface area contributed by atoms with Crippen molar-refractivity contribution in [2.45, 2.75) is 9.79 Å². The Balaban J connectivity index is 2.00. The Morgan fingerprint density at radius 2 is 2.06 bits per heavy atom. The van der Waals surface area contributed by atoms with E-state index >= 15 is 0 Å². The summed E-state index contributed by atoms with van der Waals surface area (Å²) >= 11 is 7.60. The lowest BCUT2D eigenvalue weighted by Crippen LogP contribution is -1.99. The number of aromatic nitrogens is 3. The van der Waals surface area contributed by atoms with Gasteiger partial charge in [-0.25, -0.2) is 9.78 Å². The van der Waals surface area contributed by atoms with Crippen molar-refractivity contribution in [1.29, 1.82) is 0 Å². The number of nitrogens with zero attached hydrogens (tertiary/aromatic N) is 1. The van der Waals surface area contributed by atoms with Crippen LogP contribution in [0.4, 0.5) is 0 Å². The molecular weight excluding hydrogens is 270 g/mol. The third-order valence-electron chi connectivity index (χ3n) is 2.41. The van der Waals surface area contributed by atoms with Gasteiger partial charge in [-0.2, -0.15) is 0 Å². The zero-order chi connectivity index (χ0) is 12.5. The molecule has 0 aliphatic carbocycles. The van der Waals surface area contributed by atoms with E-state index in [0.29, 0.717) is 16.2 Å². The molecule has 3 aromatic rings. The van der Waals surface area contributed by atoms with Crippen LogP contribution in [0.3, 0.4) is 0 Å². The fourth-order valence-corrected chi connectivity index (χ4v) is 2.71. The SMILES string of the molecule is O=c1[nH]c2cc(Sc3ccccc3Cl)cnc2[nH]1. The van der Waals surface area contributed by atoms with Crippen molar-refractivity contribution in [3.8, 4) is 0 Å². The van der Waals surface area contributed by atoms with Gasteiger partial charge in [0.1, 0.15) is 0 Å². The van der Waals surface area contributed by atoms with Gasteiger partial charge >= 0.3 is 5.69 Å². The van der Waals surface area contributed by atoms with E-state index in [2.05, 4.69) is 15.0 Å². The number of H-pyrrole nitrogens is 2. The van der Waals surface area contributed by atoms with E-state index in [9.17, 15) is 4.79 Å². The summed E-state index contributed by atoms with van der Waals surface area (Å²) in [5, 5.41) is 0.699. The van der Waals surface area contributed by atoms with Crippen LogP contribution in [-0.4, -0.2) is 15.0 Å². The minimum absolute atomic E-state index is 0.252. The lowest BCUT2D eigenvalue weighted by atomic mass is 10.4.